The normalized spacial score (nSPS) is 9.92. The van der Waals surface area contributed by atoms with Gasteiger partial charge in [-0.3, -0.25) is 9.59 Å². The van der Waals surface area contributed by atoms with E-state index in [9.17, 15) is 9.59 Å². The molecule has 132 valence electrons. The third kappa shape index (κ3) is 4.20. The molecule has 7 nitrogen and oxygen atoms in total. The number of hydrogen-bond donors (Lipinski definition) is 2. The van der Waals surface area contributed by atoms with Crippen molar-refractivity contribution in [1.29, 1.82) is 0 Å². The van der Waals surface area contributed by atoms with Crippen LogP contribution in [0, 0.1) is 0 Å². The summed E-state index contributed by atoms with van der Waals surface area (Å²) in [4.78, 5) is 24.0. The number of methoxy groups -OCH3 is 3. The second-order valence-electron chi connectivity index (χ2n) is 5.09. The van der Waals surface area contributed by atoms with Gasteiger partial charge in [-0.15, -0.1) is 0 Å². The predicted octanol–water partition coefficient (Wildman–Crippen LogP) is 2.92. The lowest BCUT2D eigenvalue weighted by atomic mass is 10.1. The van der Waals surface area contributed by atoms with E-state index in [4.69, 9.17) is 14.2 Å². The number of ether oxygens (including phenoxy) is 3. The average molecular weight is 344 g/mol. The first-order valence-corrected chi connectivity index (χ1v) is 7.48. The summed E-state index contributed by atoms with van der Waals surface area (Å²) in [6, 6.07) is 10.0. The molecule has 0 radical (unpaired) electrons. The van der Waals surface area contributed by atoms with Crippen molar-refractivity contribution in [2.75, 3.05) is 32.0 Å². The zero-order valence-electron chi connectivity index (χ0n) is 14.5. The Morgan fingerprint density at radius 3 is 1.92 bits per heavy atom. The van der Waals surface area contributed by atoms with Crippen molar-refractivity contribution in [2.45, 2.75) is 6.92 Å². The highest BCUT2D eigenvalue weighted by Gasteiger charge is 2.17. The Morgan fingerprint density at radius 1 is 0.800 bits per heavy atom. The van der Waals surface area contributed by atoms with Gasteiger partial charge in [-0.2, -0.15) is 0 Å². The predicted molar refractivity (Wildman–Crippen MR) is 94.8 cm³/mol. The van der Waals surface area contributed by atoms with Crippen molar-refractivity contribution >= 4 is 23.2 Å². The van der Waals surface area contributed by atoms with Gasteiger partial charge in [-0.25, -0.2) is 0 Å². The van der Waals surface area contributed by atoms with E-state index < -0.39 is 0 Å². The smallest absolute Gasteiger partial charge is 0.259 e. The highest BCUT2D eigenvalue weighted by atomic mass is 16.5. The van der Waals surface area contributed by atoms with Gasteiger partial charge in [0, 0.05) is 13.0 Å². The zero-order chi connectivity index (χ0) is 18.4. The van der Waals surface area contributed by atoms with Gasteiger partial charge in [-0.05, 0) is 18.2 Å². The molecule has 2 rings (SSSR count). The Balaban J connectivity index is 2.40. The van der Waals surface area contributed by atoms with Crippen molar-refractivity contribution in [3.05, 3.63) is 42.0 Å². The fourth-order valence-corrected chi connectivity index (χ4v) is 2.31. The van der Waals surface area contributed by atoms with Crippen molar-refractivity contribution in [1.82, 2.24) is 0 Å². The molecule has 2 amide bonds. The van der Waals surface area contributed by atoms with Gasteiger partial charge in [0.15, 0.2) is 0 Å². The Hall–Kier alpha value is -3.22. The molecule has 0 aliphatic heterocycles. The number of hydrogen-bond acceptors (Lipinski definition) is 5. The summed E-state index contributed by atoms with van der Waals surface area (Å²) in [6.07, 6.45) is 0. The molecule has 0 aliphatic carbocycles. The quantitative estimate of drug-likeness (QED) is 0.841. The second kappa shape index (κ2) is 8.05. The highest BCUT2D eigenvalue weighted by Crippen LogP contribution is 2.37. The number of para-hydroxylation sites is 1. The second-order valence-corrected chi connectivity index (χ2v) is 5.09. The number of nitrogens with one attached hydrogen (secondary N) is 2. The van der Waals surface area contributed by atoms with Gasteiger partial charge < -0.3 is 24.8 Å². The van der Waals surface area contributed by atoms with Crippen molar-refractivity contribution < 1.29 is 23.8 Å². The van der Waals surface area contributed by atoms with Gasteiger partial charge >= 0.3 is 0 Å². The van der Waals surface area contributed by atoms with E-state index in [2.05, 4.69) is 10.6 Å². The maximum atomic E-state index is 12.6. The molecule has 2 aromatic rings. The van der Waals surface area contributed by atoms with Crippen LogP contribution in [0.5, 0.6) is 17.2 Å². The van der Waals surface area contributed by atoms with Crippen LogP contribution in [0.2, 0.25) is 0 Å². The van der Waals surface area contributed by atoms with E-state index in [1.807, 2.05) is 0 Å². The summed E-state index contributed by atoms with van der Waals surface area (Å²) in [5.41, 5.74) is 1.19. The summed E-state index contributed by atoms with van der Waals surface area (Å²) in [6.45, 7) is 1.39. The molecule has 0 saturated heterocycles. The number of benzene rings is 2. The molecule has 2 N–H and O–H groups in total. The molecule has 0 unspecified atom stereocenters. The third-order valence-electron chi connectivity index (χ3n) is 3.43. The molecule has 0 aromatic heterocycles. The topological polar surface area (TPSA) is 85.9 Å². The highest BCUT2D eigenvalue weighted by molar-refractivity contribution is 6.07. The monoisotopic (exact) mass is 344 g/mol. The van der Waals surface area contributed by atoms with Gasteiger partial charge in [-0.1, -0.05) is 12.1 Å². The first-order valence-electron chi connectivity index (χ1n) is 7.48. The lowest BCUT2D eigenvalue weighted by Crippen LogP contribution is -2.15. The number of rotatable bonds is 6. The minimum absolute atomic E-state index is 0.259. The molecular formula is C18H20N2O5. The van der Waals surface area contributed by atoms with E-state index in [1.165, 1.54) is 28.3 Å². The zero-order valence-corrected chi connectivity index (χ0v) is 14.5. The number of amides is 2. The van der Waals surface area contributed by atoms with Crippen LogP contribution >= 0.6 is 0 Å². The summed E-state index contributed by atoms with van der Waals surface area (Å²) in [5, 5.41) is 5.42. The Bertz CT molecular complexity index is 789. The maximum absolute atomic E-state index is 12.6. The summed E-state index contributed by atoms with van der Waals surface area (Å²) in [7, 11) is 4.45. The summed E-state index contributed by atoms with van der Waals surface area (Å²) in [5.74, 6) is 0.645. The van der Waals surface area contributed by atoms with E-state index >= 15 is 0 Å². The molecule has 0 spiro atoms. The number of carbonyl (C=O) groups is 2. The molecule has 0 saturated carbocycles. The van der Waals surface area contributed by atoms with Crippen LogP contribution in [-0.2, 0) is 4.79 Å². The molecule has 0 aliphatic rings. The van der Waals surface area contributed by atoms with Crippen LogP contribution in [0.1, 0.15) is 17.3 Å². The van der Waals surface area contributed by atoms with Crippen molar-refractivity contribution in [3.8, 4) is 17.2 Å². The van der Waals surface area contributed by atoms with Crippen LogP contribution in [0.4, 0.5) is 11.4 Å². The van der Waals surface area contributed by atoms with E-state index in [0.29, 0.717) is 34.2 Å². The van der Waals surface area contributed by atoms with Crippen LogP contribution < -0.4 is 24.8 Å². The molecule has 7 heteroatoms. The average Bonchev–Trinajstić information content (AvgIpc) is 2.61. The minimum atomic E-state index is -0.366. The van der Waals surface area contributed by atoms with E-state index in [1.54, 1.807) is 36.4 Å². The van der Waals surface area contributed by atoms with Crippen LogP contribution in [-0.4, -0.2) is 33.1 Å². The largest absolute Gasteiger partial charge is 0.496 e. The van der Waals surface area contributed by atoms with Gasteiger partial charge in [0.2, 0.25) is 5.91 Å². The molecule has 0 heterocycles. The minimum Gasteiger partial charge on any atom is -0.496 e. The van der Waals surface area contributed by atoms with Crippen LogP contribution in [0.3, 0.4) is 0 Å². The van der Waals surface area contributed by atoms with E-state index in [-0.39, 0.29) is 11.8 Å². The fraction of sp³-hybridized carbons (Fsp3) is 0.222. The van der Waals surface area contributed by atoms with Crippen molar-refractivity contribution in [3.63, 3.8) is 0 Å². The molecule has 0 bridgehead atoms. The molecule has 2 aromatic carbocycles. The Kier molecular flexibility index (Phi) is 5.84. The summed E-state index contributed by atoms with van der Waals surface area (Å²) < 4.78 is 15.7. The van der Waals surface area contributed by atoms with Crippen molar-refractivity contribution in [2.24, 2.45) is 0 Å². The van der Waals surface area contributed by atoms with Gasteiger partial charge in [0.1, 0.15) is 17.2 Å². The van der Waals surface area contributed by atoms with Crippen LogP contribution in [0.25, 0.3) is 0 Å². The fourth-order valence-electron chi connectivity index (χ4n) is 2.31. The summed E-state index contributed by atoms with van der Waals surface area (Å²) >= 11 is 0. The lowest BCUT2D eigenvalue weighted by Gasteiger charge is -2.16. The molecule has 0 atom stereocenters. The first kappa shape index (κ1) is 18.1. The Morgan fingerprint density at radius 2 is 1.36 bits per heavy atom. The number of anilines is 2. The molecule has 0 fully saturated rings. The standard InChI is InChI=1S/C18H20N2O5/c1-11(21)19-13-9-14(17(25-4)10-16(13)24-3)20-18(22)12-7-5-6-8-15(12)23-2/h5-10H,1-4H3,(H,19,21)(H,20,22). The van der Waals surface area contributed by atoms with E-state index in [0.717, 1.165) is 0 Å². The van der Waals surface area contributed by atoms with Crippen LogP contribution in [0.15, 0.2) is 36.4 Å². The number of carbonyl (C=O) groups excluding carboxylic acids is 2. The third-order valence-corrected chi connectivity index (χ3v) is 3.43. The molecular weight excluding hydrogens is 324 g/mol. The lowest BCUT2D eigenvalue weighted by molar-refractivity contribution is -0.114. The molecule has 25 heavy (non-hydrogen) atoms. The maximum Gasteiger partial charge on any atom is 0.259 e. The first-order chi connectivity index (χ1) is 12.0. The Labute approximate surface area is 145 Å². The SMILES string of the molecule is COc1cc(OC)c(NC(=O)c2ccccc2OC)cc1NC(C)=O. The van der Waals surface area contributed by atoms with Gasteiger partial charge in [0.25, 0.3) is 5.91 Å². The van der Waals surface area contributed by atoms with Gasteiger partial charge in [0.05, 0.1) is 38.3 Å².